The van der Waals surface area contributed by atoms with Crippen LogP contribution in [0.25, 0.3) is 0 Å². The summed E-state index contributed by atoms with van der Waals surface area (Å²) in [5.74, 6) is 0.551. The number of aliphatic hydroxyl groups is 2. The second-order valence-electron chi connectivity index (χ2n) is 9.19. The Labute approximate surface area is 156 Å². The first-order chi connectivity index (χ1) is 12.3. The van der Waals surface area contributed by atoms with E-state index in [0.29, 0.717) is 12.3 Å². The highest BCUT2D eigenvalue weighted by molar-refractivity contribution is 5.36. The van der Waals surface area contributed by atoms with E-state index in [0.717, 1.165) is 24.0 Å². The Balaban J connectivity index is 1.76. The van der Waals surface area contributed by atoms with E-state index in [1.54, 1.807) is 0 Å². The fourth-order valence-corrected chi connectivity index (χ4v) is 5.96. The van der Waals surface area contributed by atoms with Gasteiger partial charge in [-0.05, 0) is 53.1 Å². The van der Waals surface area contributed by atoms with E-state index < -0.39 is 5.60 Å². The lowest BCUT2D eigenvalue weighted by atomic mass is 9.69. The topological polar surface area (TPSA) is 40.5 Å². The van der Waals surface area contributed by atoms with Gasteiger partial charge in [0.2, 0.25) is 0 Å². The molecule has 2 heteroatoms. The zero-order valence-corrected chi connectivity index (χ0v) is 16.0. The summed E-state index contributed by atoms with van der Waals surface area (Å²) in [6, 6.07) is 19.9. The van der Waals surface area contributed by atoms with E-state index in [2.05, 4.69) is 20.8 Å². The van der Waals surface area contributed by atoms with Crippen LogP contribution in [0.4, 0.5) is 0 Å². The van der Waals surface area contributed by atoms with Crippen molar-refractivity contribution in [3.8, 4) is 0 Å². The summed E-state index contributed by atoms with van der Waals surface area (Å²) >= 11 is 0. The summed E-state index contributed by atoms with van der Waals surface area (Å²) in [4.78, 5) is 0. The Bertz CT molecular complexity index is 728. The van der Waals surface area contributed by atoms with Crippen LogP contribution in [0.1, 0.15) is 51.2 Å². The van der Waals surface area contributed by atoms with Crippen molar-refractivity contribution in [2.24, 2.45) is 22.7 Å². The molecule has 0 aliphatic heterocycles. The molecule has 0 spiro atoms. The standard InChI is InChI=1S/C24H30O2/c1-22(2)20-14-15-23(22,3)21(25)19(20)16-24(26,17-10-6-4-7-11-17)18-12-8-5-9-13-18/h4-13,19-21,25-26H,14-16H2,1-3H3/t19-,20-,21-,23+/m1/s1. The first-order valence-electron chi connectivity index (χ1n) is 9.82. The predicted molar refractivity (Wildman–Crippen MR) is 105 cm³/mol. The minimum Gasteiger partial charge on any atom is -0.392 e. The van der Waals surface area contributed by atoms with Gasteiger partial charge in [0.1, 0.15) is 5.60 Å². The van der Waals surface area contributed by atoms with Crippen LogP contribution in [0.2, 0.25) is 0 Å². The third-order valence-electron chi connectivity index (χ3n) is 7.98. The van der Waals surface area contributed by atoms with Crippen LogP contribution in [-0.2, 0) is 5.60 Å². The predicted octanol–water partition coefficient (Wildman–Crippen LogP) is 4.75. The highest BCUT2D eigenvalue weighted by Gasteiger charge is 2.66. The summed E-state index contributed by atoms with van der Waals surface area (Å²) in [5, 5.41) is 23.1. The molecule has 4 atom stereocenters. The molecule has 2 aromatic carbocycles. The summed E-state index contributed by atoms with van der Waals surface area (Å²) in [6.45, 7) is 6.84. The Morgan fingerprint density at radius 1 is 0.923 bits per heavy atom. The zero-order valence-electron chi connectivity index (χ0n) is 16.0. The monoisotopic (exact) mass is 350 g/mol. The van der Waals surface area contributed by atoms with Gasteiger partial charge in [-0.3, -0.25) is 0 Å². The van der Waals surface area contributed by atoms with Gasteiger partial charge in [-0.2, -0.15) is 0 Å². The van der Waals surface area contributed by atoms with Crippen LogP contribution in [0, 0.1) is 22.7 Å². The summed E-state index contributed by atoms with van der Waals surface area (Å²) in [7, 11) is 0. The molecule has 0 radical (unpaired) electrons. The third-order valence-corrected chi connectivity index (χ3v) is 7.98. The van der Waals surface area contributed by atoms with Gasteiger partial charge in [0.25, 0.3) is 0 Å². The summed E-state index contributed by atoms with van der Waals surface area (Å²) in [6.07, 6.45) is 2.42. The average molecular weight is 351 g/mol. The van der Waals surface area contributed by atoms with Crippen LogP contribution >= 0.6 is 0 Å². The molecule has 2 nitrogen and oxygen atoms in total. The lowest BCUT2D eigenvalue weighted by Crippen LogP contribution is -2.40. The lowest BCUT2D eigenvalue weighted by molar-refractivity contribution is -0.0385. The molecule has 2 saturated carbocycles. The molecule has 26 heavy (non-hydrogen) atoms. The Kier molecular flexibility index (Phi) is 4.05. The molecule has 0 unspecified atom stereocenters. The maximum Gasteiger partial charge on any atom is 0.115 e. The zero-order chi connectivity index (χ0) is 18.6. The van der Waals surface area contributed by atoms with Gasteiger partial charge >= 0.3 is 0 Å². The smallest absolute Gasteiger partial charge is 0.115 e. The number of hydrogen-bond acceptors (Lipinski definition) is 2. The maximum absolute atomic E-state index is 11.9. The molecule has 0 heterocycles. The number of hydrogen-bond donors (Lipinski definition) is 2. The normalized spacial score (nSPS) is 32.7. The van der Waals surface area contributed by atoms with E-state index >= 15 is 0 Å². The number of rotatable bonds is 4. The fraction of sp³-hybridized carbons (Fsp3) is 0.500. The molecule has 138 valence electrons. The number of aliphatic hydroxyl groups excluding tert-OH is 1. The Morgan fingerprint density at radius 3 is 1.85 bits per heavy atom. The highest BCUT2D eigenvalue weighted by atomic mass is 16.3. The van der Waals surface area contributed by atoms with E-state index in [9.17, 15) is 10.2 Å². The van der Waals surface area contributed by atoms with Gasteiger partial charge in [0.15, 0.2) is 0 Å². The van der Waals surface area contributed by atoms with Crippen molar-refractivity contribution in [3.05, 3.63) is 71.8 Å². The molecule has 0 amide bonds. The van der Waals surface area contributed by atoms with E-state index in [1.807, 2.05) is 60.7 Å². The third kappa shape index (κ3) is 2.32. The molecule has 2 N–H and O–H groups in total. The van der Waals surface area contributed by atoms with Crippen molar-refractivity contribution < 1.29 is 10.2 Å². The van der Waals surface area contributed by atoms with Crippen molar-refractivity contribution >= 4 is 0 Å². The fourth-order valence-electron chi connectivity index (χ4n) is 5.96. The van der Waals surface area contributed by atoms with Gasteiger partial charge in [0, 0.05) is 0 Å². The van der Waals surface area contributed by atoms with Gasteiger partial charge in [-0.25, -0.2) is 0 Å². The summed E-state index contributed by atoms with van der Waals surface area (Å²) < 4.78 is 0. The minimum atomic E-state index is -1.08. The van der Waals surface area contributed by atoms with Crippen molar-refractivity contribution in [1.82, 2.24) is 0 Å². The van der Waals surface area contributed by atoms with Crippen LogP contribution < -0.4 is 0 Å². The first kappa shape index (κ1) is 17.8. The number of benzene rings is 2. The second kappa shape index (κ2) is 5.94. The first-order valence-corrected chi connectivity index (χ1v) is 9.82. The van der Waals surface area contributed by atoms with Crippen LogP contribution in [-0.4, -0.2) is 16.3 Å². The van der Waals surface area contributed by atoms with Gasteiger partial charge in [-0.15, -0.1) is 0 Å². The van der Waals surface area contributed by atoms with Crippen LogP contribution in [0.3, 0.4) is 0 Å². The van der Waals surface area contributed by atoms with E-state index in [1.165, 1.54) is 0 Å². The van der Waals surface area contributed by atoms with E-state index in [4.69, 9.17) is 0 Å². The largest absolute Gasteiger partial charge is 0.392 e. The molecule has 2 fully saturated rings. The molecule has 0 aromatic heterocycles. The molecular formula is C24H30O2. The molecular weight excluding hydrogens is 320 g/mol. The van der Waals surface area contributed by atoms with E-state index in [-0.39, 0.29) is 22.9 Å². The SMILES string of the molecule is CC1(C)[C@@H]2CC[C@@]1(C)[C@H](O)[C@@H]2CC(O)(c1ccccc1)c1ccccc1. The maximum atomic E-state index is 11.9. The van der Waals surface area contributed by atoms with Crippen molar-refractivity contribution in [1.29, 1.82) is 0 Å². The van der Waals surface area contributed by atoms with Crippen LogP contribution in [0.15, 0.2) is 60.7 Å². The lowest BCUT2D eigenvalue weighted by Gasteiger charge is -2.39. The number of fused-ring (bicyclic) bond motifs is 2. The molecule has 2 aromatic rings. The van der Waals surface area contributed by atoms with Crippen LogP contribution in [0.5, 0.6) is 0 Å². The average Bonchev–Trinajstić information content (AvgIpc) is 2.97. The van der Waals surface area contributed by atoms with Crippen molar-refractivity contribution in [3.63, 3.8) is 0 Å². The molecule has 0 saturated heterocycles. The van der Waals surface area contributed by atoms with Crippen molar-refractivity contribution in [2.45, 2.75) is 51.7 Å². The Hall–Kier alpha value is -1.64. The molecule has 2 bridgehead atoms. The molecule has 2 aliphatic rings. The minimum absolute atomic E-state index is 0.0589. The van der Waals surface area contributed by atoms with Crippen molar-refractivity contribution in [2.75, 3.05) is 0 Å². The second-order valence-corrected chi connectivity index (χ2v) is 9.19. The van der Waals surface area contributed by atoms with Gasteiger partial charge in [-0.1, -0.05) is 81.4 Å². The van der Waals surface area contributed by atoms with Gasteiger partial charge < -0.3 is 10.2 Å². The Morgan fingerprint density at radius 2 is 1.42 bits per heavy atom. The van der Waals surface area contributed by atoms with Gasteiger partial charge in [0.05, 0.1) is 6.10 Å². The highest BCUT2D eigenvalue weighted by Crippen LogP contribution is 2.69. The molecule has 4 rings (SSSR count). The summed E-state index contributed by atoms with van der Waals surface area (Å²) in [5.41, 5.74) is 0.779. The quantitative estimate of drug-likeness (QED) is 0.836. The molecule has 2 aliphatic carbocycles.